The van der Waals surface area contributed by atoms with Crippen LogP contribution in [0.2, 0.25) is 0 Å². The van der Waals surface area contributed by atoms with Gasteiger partial charge >= 0.3 is 0 Å². The average Bonchev–Trinajstić information content (AvgIpc) is 3.34. The molecular weight excluding hydrogens is 452 g/mol. The van der Waals surface area contributed by atoms with Crippen molar-refractivity contribution in [2.75, 3.05) is 32.1 Å². The number of nitrogens with one attached hydrogen (secondary N) is 2. The van der Waals surface area contributed by atoms with Crippen LogP contribution in [-0.2, 0) is 22.5 Å². The molecule has 0 saturated carbocycles. The van der Waals surface area contributed by atoms with E-state index in [9.17, 15) is 4.79 Å². The first kappa shape index (κ1) is 23.8. The second-order valence-electron chi connectivity index (χ2n) is 9.31. The number of benzene rings is 2. The van der Waals surface area contributed by atoms with Gasteiger partial charge in [-0.15, -0.1) is 0 Å². The molecule has 3 aromatic rings. The molecule has 0 bridgehead atoms. The Balaban J connectivity index is 1.40. The fourth-order valence-electron chi connectivity index (χ4n) is 5.31. The summed E-state index contributed by atoms with van der Waals surface area (Å²) in [5, 5.41) is 16.4. The SMILES string of the molecule is CNc1ccc2nc(-c3ccc(/C(N)=N/OCCN4CCCC4=O)cc3)c3c(c2c1C=N)CCCC3. The van der Waals surface area contributed by atoms with Crippen LogP contribution in [0, 0.1) is 5.41 Å². The predicted octanol–water partition coefficient (Wildman–Crippen LogP) is 4.08. The molecule has 8 heteroatoms. The summed E-state index contributed by atoms with van der Waals surface area (Å²) in [7, 11) is 1.89. The van der Waals surface area contributed by atoms with Gasteiger partial charge in [0.25, 0.3) is 0 Å². The average molecular weight is 485 g/mol. The van der Waals surface area contributed by atoms with Crippen molar-refractivity contribution < 1.29 is 9.63 Å². The summed E-state index contributed by atoms with van der Waals surface area (Å²) in [5.41, 5.74) is 14.3. The number of carbonyl (C=O) groups is 1. The molecular formula is C28H32N6O2. The summed E-state index contributed by atoms with van der Waals surface area (Å²) in [5.74, 6) is 0.477. The molecule has 186 valence electrons. The normalized spacial score (nSPS) is 15.8. The smallest absolute Gasteiger partial charge is 0.222 e. The van der Waals surface area contributed by atoms with E-state index < -0.39 is 0 Å². The highest BCUT2D eigenvalue weighted by Crippen LogP contribution is 2.37. The van der Waals surface area contributed by atoms with Crippen molar-refractivity contribution >= 4 is 34.5 Å². The highest BCUT2D eigenvalue weighted by Gasteiger charge is 2.22. The second kappa shape index (κ2) is 10.4. The van der Waals surface area contributed by atoms with Crippen LogP contribution < -0.4 is 11.1 Å². The summed E-state index contributed by atoms with van der Waals surface area (Å²) in [6, 6.07) is 12.0. The van der Waals surface area contributed by atoms with Crippen molar-refractivity contribution in [3.8, 4) is 11.3 Å². The Morgan fingerprint density at radius 3 is 2.61 bits per heavy atom. The van der Waals surface area contributed by atoms with Gasteiger partial charge < -0.3 is 26.2 Å². The van der Waals surface area contributed by atoms with Crippen molar-refractivity contribution in [2.45, 2.75) is 38.5 Å². The minimum atomic E-state index is 0.173. The van der Waals surface area contributed by atoms with Crippen molar-refractivity contribution in [1.29, 1.82) is 5.41 Å². The molecule has 1 amide bonds. The Kier molecular flexibility index (Phi) is 6.84. The first-order valence-electron chi connectivity index (χ1n) is 12.6. The Labute approximate surface area is 211 Å². The molecule has 1 saturated heterocycles. The molecule has 1 aliphatic carbocycles. The molecule has 1 fully saturated rings. The molecule has 4 N–H and O–H groups in total. The lowest BCUT2D eigenvalue weighted by atomic mass is 9.84. The third-order valence-electron chi connectivity index (χ3n) is 7.17. The lowest BCUT2D eigenvalue weighted by Gasteiger charge is -2.23. The van der Waals surface area contributed by atoms with Crippen LogP contribution in [0.5, 0.6) is 0 Å². The van der Waals surface area contributed by atoms with Crippen LogP contribution >= 0.6 is 0 Å². The Morgan fingerprint density at radius 2 is 1.92 bits per heavy atom. The van der Waals surface area contributed by atoms with E-state index >= 15 is 0 Å². The molecule has 0 spiro atoms. The standard InChI is InChI=1S/C28H32N6O2/c1-31-23-12-13-24-26(22(23)17-29)20-5-2-3-6-21(20)27(32-24)18-8-10-19(11-9-18)28(30)33-36-16-15-34-14-4-7-25(34)35/h8-13,17,29,31H,2-7,14-16H2,1H3,(H2,30,33). The predicted molar refractivity (Wildman–Crippen MR) is 144 cm³/mol. The van der Waals surface area contributed by atoms with E-state index in [2.05, 4.69) is 10.5 Å². The van der Waals surface area contributed by atoms with Crippen LogP contribution in [-0.4, -0.2) is 54.6 Å². The minimum absolute atomic E-state index is 0.173. The third kappa shape index (κ3) is 4.51. The molecule has 1 aromatic heterocycles. The van der Waals surface area contributed by atoms with Crippen molar-refractivity contribution in [2.24, 2.45) is 10.9 Å². The highest BCUT2D eigenvalue weighted by molar-refractivity contribution is 6.06. The van der Waals surface area contributed by atoms with Gasteiger partial charge in [0, 0.05) is 54.0 Å². The molecule has 2 heterocycles. The van der Waals surface area contributed by atoms with Crippen LogP contribution in [0.3, 0.4) is 0 Å². The number of amidine groups is 1. The van der Waals surface area contributed by atoms with Gasteiger partial charge in [0.1, 0.15) is 6.61 Å². The zero-order valence-corrected chi connectivity index (χ0v) is 20.6. The largest absolute Gasteiger partial charge is 0.392 e. The molecule has 2 aromatic carbocycles. The number of nitrogens with zero attached hydrogens (tertiary/aromatic N) is 3. The number of aryl methyl sites for hydroxylation is 1. The fourth-order valence-corrected chi connectivity index (χ4v) is 5.31. The summed E-state index contributed by atoms with van der Waals surface area (Å²) >= 11 is 0. The number of amides is 1. The fraction of sp³-hybridized carbons (Fsp3) is 0.357. The minimum Gasteiger partial charge on any atom is -0.392 e. The lowest BCUT2D eigenvalue weighted by Crippen LogP contribution is -2.28. The van der Waals surface area contributed by atoms with Gasteiger partial charge in [-0.25, -0.2) is 4.98 Å². The van der Waals surface area contributed by atoms with E-state index in [0.29, 0.717) is 25.4 Å². The molecule has 5 rings (SSSR count). The van der Waals surface area contributed by atoms with E-state index in [1.807, 2.05) is 43.4 Å². The summed E-state index contributed by atoms with van der Waals surface area (Å²) in [4.78, 5) is 23.9. The second-order valence-corrected chi connectivity index (χ2v) is 9.31. The maximum Gasteiger partial charge on any atom is 0.222 e. The Bertz CT molecular complexity index is 1330. The van der Waals surface area contributed by atoms with Crippen LogP contribution in [0.4, 0.5) is 5.69 Å². The number of hydrogen-bond donors (Lipinski definition) is 3. The van der Waals surface area contributed by atoms with Gasteiger partial charge in [-0.1, -0.05) is 29.4 Å². The Hall–Kier alpha value is -3.94. The van der Waals surface area contributed by atoms with Crippen LogP contribution in [0.15, 0.2) is 41.6 Å². The number of nitrogens with two attached hydrogens (primary N) is 1. The number of carbonyl (C=O) groups excluding carboxylic acids is 1. The molecule has 8 nitrogen and oxygen atoms in total. The van der Waals surface area contributed by atoms with Gasteiger partial charge in [0.2, 0.25) is 5.91 Å². The number of anilines is 1. The zero-order valence-electron chi connectivity index (χ0n) is 20.6. The number of fused-ring (bicyclic) bond motifs is 3. The summed E-state index contributed by atoms with van der Waals surface area (Å²) < 4.78 is 0. The van der Waals surface area contributed by atoms with Crippen molar-refractivity contribution in [1.82, 2.24) is 9.88 Å². The van der Waals surface area contributed by atoms with E-state index in [-0.39, 0.29) is 5.91 Å². The van der Waals surface area contributed by atoms with E-state index in [1.165, 1.54) is 17.3 Å². The third-order valence-corrected chi connectivity index (χ3v) is 7.17. The number of pyridine rings is 1. The van der Waals surface area contributed by atoms with Crippen molar-refractivity contribution in [3.05, 3.63) is 58.7 Å². The van der Waals surface area contributed by atoms with E-state index in [1.54, 1.807) is 4.90 Å². The van der Waals surface area contributed by atoms with Gasteiger partial charge in [-0.05, 0) is 55.4 Å². The van der Waals surface area contributed by atoms with E-state index in [0.717, 1.165) is 77.6 Å². The van der Waals surface area contributed by atoms with E-state index in [4.69, 9.17) is 21.0 Å². The first-order valence-corrected chi connectivity index (χ1v) is 12.6. The monoisotopic (exact) mass is 484 g/mol. The summed E-state index contributed by atoms with van der Waals surface area (Å²) in [6.45, 7) is 1.64. The molecule has 2 aliphatic rings. The van der Waals surface area contributed by atoms with Gasteiger partial charge in [0.05, 0.1) is 17.8 Å². The van der Waals surface area contributed by atoms with Gasteiger partial charge in [-0.3, -0.25) is 4.79 Å². The number of rotatable bonds is 8. The van der Waals surface area contributed by atoms with Gasteiger partial charge in [-0.2, -0.15) is 0 Å². The lowest BCUT2D eigenvalue weighted by molar-refractivity contribution is -0.128. The first-order chi connectivity index (χ1) is 17.6. The molecule has 1 aliphatic heterocycles. The molecule has 0 radical (unpaired) electrons. The maximum atomic E-state index is 11.7. The van der Waals surface area contributed by atoms with Gasteiger partial charge in [0.15, 0.2) is 5.84 Å². The zero-order chi connectivity index (χ0) is 25.1. The van der Waals surface area contributed by atoms with Crippen LogP contribution in [0.25, 0.3) is 22.2 Å². The topological polar surface area (TPSA) is 117 Å². The molecule has 0 atom stereocenters. The number of hydrogen-bond acceptors (Lipinski definition) is 6. The van der Waals surface area contributed by atoms with Crippen LogP contribution in [0.1, 0.15) is 47.9 Å². The Morgan fingerprint density at radius 1 is 1.14 bits per heavy atom. The number of likely N-dealkylation sites (tertiary alicyclic amines) is 1. The number of oxime groups is 1. The summed E-state index contributed by atoms with van der Waals surface area (Å²) in [6.07, 6.45) is 7.22. The van der Waals surface area contributed by atoms with Crippen molar-refractivity contribution in [3.63, 3.8) is 0 Å². The molecule has 0 unspecified atom stereocenters. The molecule has 36 heavy (non-hydrogen) atoms. The maximum absolute atomic E-state index is 11.7. The quantitative estimate of drug-likeness (QED) is 0.193. The number of aromatic nitrogens is 1. The highest BCUT2D eigenvalue weighted by atomic mass is 16.6.